The molecule has 0 radical (unpaired) electrons. The molecular formula is C14H15BrN2O2. The molecule has 2 aliphatic rings. The third kappa shape index (κ3) is 1.79. The number of nitrogens with two attached hydrogens (primary N) is 1. The van der Waals surface area contributed by atoms with E-state index in [1.165, 1.54) is 4.90 Å². The molecule has 1 saturated heterocycles. The van der Waals surface area contributed by atoms with Crippen molar-refractivity contribution in [1.82, 2.24) is 0 Å². The van der Waals surface area contributed by atoms with Crippen molar-refractivity contribution >= 4 is 39.1 Å². The third-order valence-corrected chi connectivity index (χ3v) is 4.80. The lowest BCUT2D eigenvalue weighted by atomic mass is 10.00. The number of carbonyl (C=O) groups is 2. The third-order valence-electron chi connectivity index (χ3n) is 4.17. The summed E-state index contributed by atoms with van der Waals surface area (Å²) in [6.07, 6.45) is 2.62. The molecule has 1 aromatic carbocycles. The second-order valence-electron chi connectivity index (χ2n) is 5.32. The van der Waals surface area contributed by atoms with E-state index < -0.39 is 0 Å². The van der Waals surface area contributed by atoms with Crippen molar-refractivity contribution in [3.05, 3.63) is 22.2 Å². The van der Waals surface area contributed by atoms with Gasteiger partial charge in [0.1, 0.15) is 0 Å². The van der Waals surface area contributed by atoms with Crippen LogP contribution in [0.2, 0.25) is 0 Å². The molecule has 1 saturated carbocycles. The first-order chi connectivity index (χ1) is 9.00. The summed E-state index contributed by atoms with van der Waals surface area (Å²) in [5, 5.41) is 0. The Bertz CT molecular complexity index is 563. The van der Waals surface area contributed by atoms with Gasteiger partial charge in [0, 0.05) is 10.2 Å². The highest BCUT2D eigenvalue weighted by Gasteiger charge is 2.50. The van der Waals surface area contributed by atoms with Crippen LogP contribution >= 0.6 is 15.9 Å². The van der Waals surface area contributed by atoms with E-state index in [2.05, 4.69) is 15.9 Å². The van der Waals surface area contributed by atoms with Gasteiger partial charge >= 0.3 is 0 Å². The number of anilines is 2. The van der Waals surface area contributed by atoms with Crippen molar-refractivity contribution in [2.75, 3.05) is 10.6 Å². The Hall–Kier alpha value is -1.36. The highest BCUT2D eigenvalue weighted by molar-refractivity contribution is 9.10. The van der Waals surface area contributed by atoms with Gasteiger partial charge in [-0.05, 0) is 53.4 Å². The zero-order chi connectivity index (χ0) is 13.7. The minimum absolute atomic E-state index is 0.0727. The summed E-state index contributed by atoms with van der Waals surface area (Å²) >= 11 is 3.42. The van der Waals surface area contributed by atoms with Crippen LogP contribution in [0.25, 0.3) is 0 Å². The van der Waals surface area contributed by atoms with E-state index in [1.54, 1.807) is 6.07 Å². The number of fused-ring (bicyclic) bond motifs is 1. The number of hydrogen-bond donors (Lipinski definition) is 1. The standard InChI is InChI=1S/C14H15BrN2O2/c1-7-5-10(15)12(6-11(7)16)17-13(18)8-3-2-4-9(8)14(17)19/h5-6,8-9H,2-4,16H2,1H3. The Morgan fingerprint density at radius 3 is 2.37 bits per heavy atom. The normalized spacial score (nSPS) is 26.1. The number of imide groups is 1. The predicted molar refractivity (Wildman–Crippen MR) is 76.6 cm³/mol. The minimum Gasteiger partial charge on any atom is -0.398 e. The van der Waals surface area contributed by atoms with Gasteiger partial charge in [0.05, 0.1) is 17.5 Å². The highest BCUT2D eigenvalue weighted by Crippen LogP contribution is 2.43. The fourth-order valence-corrected chi connectivity index (χ4v) is 3.71. The van der Waals surface area contributed by atoms with Gasteiger partial charge in [-0.25, -0.2) is 4.90 Å². The molecular weight excluding hydrogens is 308 g/mol. The fourth-order valence-electron chi connectivity index (χ4n) is 3.08. The van der Waals surface area contributed by atoms with Crippen LogP contribution in [0.15, 0.2) is 16.6 Å². The summed E-state index contributed by atoms with van der Waals surface area (Å²) in [5.74, 6) is -0.392. The Labute approximate surface area is 120 Å². The average Bonchev–Trinajstić information content (AvgIpc) is 2.91. The molecule has 2 unspecified atom stereocenters. The van der Waals surface area contributed by atoms with Crippen LogP contribution in [0.5, 0.6) is 0 Å². The Morgan fingerprint density at radius 2 is 1.79 bits per heavy atom. The zero-order valence-corrected chi connectivity index (χ0v) is 12.2. The van der Waals surface area contributed by atoms with Crippen LogP contribution in [0, 0.1) is 18.8 Å². The van der Waals surface area contributed by atoms with Crippen molar-refractivity contribution in [3.8, 4) is 0 Å². The van der Waals surface area contributed by atoms with Gasteiger partial charge < -0.3 is 5.73 Å². The molecule has 0 spiro atoms. The second kappa shape index (κ2) is 4.34. The van der Waals surface area contributed by atoms with Crippen molar-refractivity contribution in [3.63, 3.8) is 0 Å². The van der Waals surface area contributed by atoms with Crippen molar-refractivity contribution < 1.29 is 9.59 Å². The van der Waals surface area contributed by atoms with E-state index in [4.69, 9.17) is 5.73 Å². The van der Waals surface area contributed by atoms with Gasteiger partial charge in [0.2, 0.25) is 11.8 Å². The molecule has 2 fully saturated rings. The summed E-state index contributed by atoms with van der Waals surface area (Å²) in [7, 11) is 0. The van der Waals surface area contributed by atoms with Gasteiger partial charge in [-0.15, -0.1) is 0 Å². The molecule has 1 aromatic rings. The summed E-state index contributed by atoms with van der Waals surface area (Å²) < 4.78 is 0.737. The van der Waals surface area contributed by atoms with E-state index in [1.807, 2.05) is 13.0 Å². The molecule has 2 N–H and O–H groups in total. The van der Waals surface area contributed by atoms with Gasteiger partial charge in [0.25, 0.3) is 0 Å². The lowest BCUT2D eigenvalue weighted by molar-refractivity contribution is -0.122. The number of halogens is 1. The fraction of sp³-hybridized carbons (Fsp3) is 0.429. The minimum atomic E-state index is -0.123. The van der Waals surface area contributed by atoms with Gasteiger partial charge in [-0.3, -0.25) is 9.59 Å². The zero-order valence-electron chi connectivity index (χ0n) is 10.6. The predicted octanol–water partition coefficient (Wildman–Crippen LogP) is 2.63. The van der Waals surface area contributed by atoms with Gasteiger partial charge in [0.15, 0.2) is 0 Å². The first kappa shape index (κ1) is 12.7. The molecule has 0 aromatic heterocycles. The van der Waals surface area contributed by atoms with Crippen molar-refractivity contribution in [2.45, 2.75) is 26.2 Å². The number of nitrogen functional groups attached to an aromatic ring is 1. The quantitative estimate of drug-likeness (QED) is 0.638. The first-order valence-corrected chi connectivity index (χ1v) is 7.23. The largest absolute Gasteiger partial charge is 0.398 e. The van der Waals surface area contributed by atoms with E-state index >= 15 is 0 Å². The molecule has 4 nitrogen and oxygen atoms in total. The molecule has 2 amide bonds. The maximum absolute atomic E-state index is 12.4. The van der Waals surface area contributed by atoms with E-state index in [0.29, 0.717) is 11.4 Å². The lowest BCUT2D eigenvalue weighted by Crippen LogP contribution is -2.32. The van der Waals surface area contributed by atoms with E-state index in [-0.39, 0.29) is 23.7 Å². The number of benzene rings is 1. The van der Waals surface area contributed by atoms with Crippen LogP contribution in [-0.2, 0) is 9.59 Å². The smallest absolute Gasteiger partial charge is 0.237 e. The van der Waals surface area contributed by atoms with E-state index in [9.17, 15) is 9.59 Å². The van der Waals surface area contributed by atoms with Crippen LogP contribution < -0.4 is 10.6 Å². The van der Waals surface area contributed by atoms with Gasteiger partial charge in [-0.1, -0.05) is 6.42 Å². The second-order valence-corrected chi connectivity index (χ2v) is 6.17. The maximum atomic E-state index is 12.4. The lowest BCUT2D eigenvalue weighted by Gasteiger charge is -2.18. The van der Waals surface area contributed by atoms with Crippen molar-refractivity contribution in [1.29, 1.82) is 0 Å². The Morgan fingerprint density at radius 1 is 1.21 bits per heavy atom. The number of hydrogen-bond acceptors (Lipinski definition) is 3. The molecule has 2 atom stereocenters. The van der Waals surface area contributed by atoms with Crippen LogP contribution in [0.4, 0.5) is 11.4 Å². The molecule has 1 aliphatic heterocycles. The highest BCUT2D eigenvalue weighted by atomic mass is 79.9. The summed E-state index contributed by atoms with van der Waals surface area (Å²) in [6, 6.07) is 3.55. The summed E-state index contributed by atoms with van der Waals surface area (Å²) in [6.45, 7) is 1.90. The van der Waals surface area contributed by atoms with Crippen LogP contribution in [0.1, 0.15) is 24.8 Å². The number of aryl methyl sites for hydroxylation is 1. The molecule has 0 bridgehead atoms. The molecule has 100 valence electrons. The molecule has 5 heteroatoms. The maximum Gasteiger partial charge on any atom is 0.237 e. The monoisotopic (exact) mass is 322 g/mol. The molecule has 3 rings (SSSR count). The summed E-state index contributed by atoms with van der Waals surface area (Å²) in [4.78, 5) is 26.1. The molecule has 1 heterocycles. The summed E-state index contributed by atoms with van der Waals surface area (Å²) in [5.41, 5.74) is 7.99. The SMILES string of the molecule is Cc1cc(Br)c(N2C(=O)C3CCCC3C2=O)cc1N. The average molecular weight is 323 g/mol. The molecule has 1 aliphatic carbocycles. The number of nitrogens with zero attached hydrogens (tertiary/aromatic N) is 1. The number of amides is 2. The van der Waals surface area contributed by atoms with Crippen LogP contribution in [0.3, 0.4) is 0 Å². The van der Waals surface area contributed by atoms with Crippen molar-refractivity contribution in [2.24, 2.45) is 11.8 Å². The Balaban J connectivity index is 2.06. The number of rotatable bonds is 1. The Kier molecular flexibility index (Phi) is 2.89. The van der Waals surface area contributed by atoms with E-state index in [0.717, 1.165) is 29.3 Å². The van der Waals surface area contributed by atoms with Gasteiger partial charge in [-0.2, -0.15) is 0 Å². The topological polar surface area (TPSA) is 63.4 Å². The van der Waals surface area contributed by atoms with Crippen LogP contribution in [-0.4, -0.2) is 11.8 Å². The number of carbonyl (C=O) groups excluding carboxylic acids is 2. The first-order valence-electron chi connectivity index (χ1n) is 6.44. The molecule has 19 heavy (non-hydrogen) atoms.